The van der Waals surface area contributed by atoms with Gasteiger partial charge in [0.1, 0.15) is 0 Å². The van der Waals surface area contributed by atoms with E-state index in [9.17, 15) is 9.59 Å². The first-order valence-corrected chi connectivity index (χ1v) is 6.10. The Hall–Kier alpha value is -1.76. The Labute approximate surface area is 104 Å². The topological polar surface area (TPSA) is 88.3 Å². The minimum atomic E-state index is -0.384. The quantitative estimate of drug-likeness (QED) is 0.708. The zero-order valence-electron chi connectivity index (χ0n) is 9.83. The van der Waals surface area contributed by atoms with Crippen LogP contribution < -0.4 is 5.32 Å². The number of carbonyl (C=O) groups excluding carboxylic acids is 2. The van der Waals surface area contributed by atoms with E-state index in [1.54, 1.807) is 0 Å². The highest BCUT2D eigenvalue weighted by molar-refractivity contribution is 6.06. The average Bonchev–Trinajstić information content (AvgIpc) is 2.95. The maximum absolute atomic E-state index is 12.0. The summed E-state index contributed by atoms with van der Waals surface area (Å²) in [6.45, 7) is 0.557. The Balaban J connectivity index is 1.51. The number of nitrogens with zero attached hydrogens (tertiary/aromatic N) is 3. The Bertz CT molecular complexity index is 455. The molecule has 1 saturated heterocycles. The number of aromatic nitrogens is 2. The molecule has 1 N–H and O–H groups in total. The van der Waals surface area contributed by atoms with Gasteiger partial charge in [0, 0.05) is 19.0 Å². The molecule has 96 valence electrons. The van der Waals surface area contributed by atoms with Crippen molar-refractivity contribution in [3.8, 4) is 0 Å². The van der Waals surface area contributed by atoms with E-state index in [2.05, 4.69) is 20.0 Å². The first kappa shape index (κ1) is 11.3. The van der Waals surface area contributed by atoms with Gasteiger partial charge in [-0.3, -0.25) is 14.5 Å². The van der Waals surface area contributed by atoms with E-state index in [1.165, 1.54) is 11.3 Å². The summed E-state index contributed by atoms with van der Waals surface area (Å²) in [5, 5.41) is 6.76. The highest BCUT2D eigenvalue weighted by atomic mass is 16.5. The van der Waals surface area contributed by atoms with Gasteiger partial charge in [-0.05, 0) is 12.8 Å². The molecule has 1 aromatic heterocycles. The summed E-state index contributed by atoms with van der Waals surface area (Å²) in [5.41, 5.74) is 0. The van der Waals surface area contributed by atoms with Crippen molar-refractivity contribution in [3.05, 3.63) is 12.2 Å². The van der Waals surface area contributed by atoms with Crippen molar-refractivity contribution in [1.82, 2.24) is 20.4 Å². The molecule has 1 atom stereocenters. The van der Waals surface area contributed by atoms with Gasteiger partial charge in [-0.2, -0.15) is 4.98 Å². The lowest BCUT2D eigenvalue weighted by Gasteiger charge is -2.13. The predicted octanol–water partition coefficient (Wildman–Crippen LogP) is -0.508. The number of rotatable bonds is 5. The van der Waals surface area contributed by atoms with Crippen LogP contribution >= 0.6 is 0 Å². The second kappa shape index (κ2) is 4.49. The second-order valence-corrected chi connectivity index (χ2v) is 4.64. The predicted molar refractivity (Wildman–Crippen MR) is 59.3 cm³/mol. The van der Waals surface area contributed by atoms with Crippen molar-refractivity contribution in [2.45, 2.75) is 37.8 Å². The average molecular weight is 250 g/mol. The van der Waals surface area contributed by atoms with Crippen LogP contribution in [0.5, 0.6) is 0 Å². The number of nitrogens with one attached hydrogen (secondary N) is 1. The summed E-state index contributed by atoms with van der Waals surface area (Å²) < 4.78 is 4.61. The van der Waals surface area contributed by atoms with E-state index in [1.807, 2.05) is 0 Å². The molecule has 1 saturated carbocycles. The molecule has 3 rings (SSSR count). The van der Waals surface area contributed by atoms with Gasteiger partial charge < -0.3 is 9.84 Å². The van der Waals surface area contributed by atoms with E-state index < -0.39 is 0 Å². The smallest absolute Gasteiger partial charge is 0.247 e. The molecule has 2 aliphatic rings. The summed E-state index contributed by atoms with van der Waals surface area (Å²) in [6, 6.07) is -0.223. The number of carbonyl (C=O) groups is 2. The van der Waals surface area contributed by atoms with E-state index >= 15 is 0 Å². The van der Waals surface area contributed by atoms with E-state index in [4.69, 9.17) is 0 Å². The van der Waals surface area contributed by atoms with Crippen LogP contribution in [0, 0.1) is 0 Å². The number of hydrogen-bond donors (Lipinski definition) is 1. The molecule has 2 fully saturated rings. The van der Waals surface area contributed by atoms with E-state index in [0.29, 0.717) is 18.8 Å². The van der Waals surface area contributed by atoms with Crippen molar-refractivity contribution in [2.24, 2.45) is 0 Å². The zero-order valence-corrected chi connectivity index (χ0v) is 9.83. The van der Waals surface area contributed by atoms with Crippen molar-refractivity contribution in [1.29, 1.82) is 0 Å². The summed E-state index contributed by atoms with van der Waals surface area (Å²) in [6.07, 6.45) is 4.02. The van der Waals surface area contributed by atoms with Crippen LogP contribution in [-0.4, -0.2) is 45.5 Å². The van der Waals surface area contributed by atoms with Gasteiger partial charge >= 0.3 is 0 Å². The molecular weight excluding hydrogens is 236 g/mol. The van der Waals surface area contributed by atoms with Crippen molar-refractivity contribution in [2.75, 3.05) is 6.54 Å². The summed E-state index contributed by atoms with van der Waals surface area (Å²) in [7, 11) is 0. The third-order valence-corrected chi connectivity index (χ3v) is 3.24. The molecule has 1 unspecified atom stereocenters. The van der Waals surface area contributed by atoms with Crippen molar-refractivity contribution >= 4 is 11.8 Å². The lowest BCUT2D eigenvalue weighted by atomic mass is 10.2. The van der Waals surface area contributed by atoms with Gasteiger partial charge in [-0.1, -0.05) is 5.16 Å². The van der Waals surface area contributed by atoms with Crippen molar-refractivity contribution < 1.29 is 14.1 Å². The van der Waals surface area contributed by atoms with Crippen LogP contribution in [0.15, 0.2) is 10.9 Å². The number of imide groups is 1. The second-order valence-electron chi connectivity index (χ2n) is 4.64. The molecule has 0 aromatic carbocycles. The minimum absolute atomic E-state index is 0.0560. The van der Waals surface area contributed by atoms with Crippen LogP contribution in [0.25, 0.3) is 0 Å². The third-order valence-electron chi connectivity index (χ3n) is 3.24. The molecule has 7 nitrogen and oxygen atoms in total. The number of hydrogen-bond acceptors (Lipinski definition) is 6. The highest BCUT2D eigenvalue weighted by Crippen LogP contribution is 2.31. The first-order chi connectivity index (χ1) is 8.75. The van der Waals surface area contributed by atoms with Gasteiger partial charge in [0.25, 0.3) is 0 Å². The Morgan fingerprint density at radius 1 is 1.44 bits per heavy atom. The number of likely N-dealkylation sites (tertiary alicyclic amines) is 1. The fraction of sp³-hybridized carbons (Fsp3) is 0.636. The fourth-order valence-corrected chi connectivity index (χ4v) is 2.19. The lowest BCUT2D eigenvalue weighted by molar-refractivity contribution is -0.139. The minimum Gasteiger partial charge on any atom is -0.343 e. The van der Waals surface area contributed by atoms with Crippen LogP contribution in [0.3, 0.4) is 0 Å². The van der Waals surface area contributed by atoms with Gasteiger partial charge in [-0.25, -0.2) is 0 Å². The molecule has 18 heavy (non-hydrogen) atoms. The Kier molecular flexibility index (Phi) is 2.83. The standard InChI is InChI=1S/C11H14N4O3/c16-10-5-8(11(17)15(10)7-1-2-7)12-4-3-9-13-6-18-14-9/h6-8,12H,1-5H2. The Morgan fingerprint density at radius 2 is 2.28 bits per heavy atom. The lowest BCUT2D eigenvalue weighted by Crippen LogP contribution is -2.40. The summed E-state index contributed by atoms with van der Waals surface area (Å²) in [4.78, 5) is 29.0. The van der Waals surface area contributed by atoms with Gasteiger partial charge in [0.15, 0.2) is 5.82 Å². The van der Waals surface area contributed by atoms with E-state index in [-0.39, 0.29) is 30.3 Å². The molecule has 2 amide bonds. The highest BCUT2D eigenvalue weighted by Gasteiger charge is 2.45. The summed E-state index contributed by atoms with van der Waals surface area (Å²) >= 11 is 0. The fourth-order valence-electron chi connectivity index (χ4n) is 2.19. The molecule has 0 bridgehead atoms. The van der Waals surface area contributed by atoms with E-state index in [0.717, 1.165) is 12.8 Å². The molecule has 0 radical (unpaired) electrons. The normalized spacial score (nSPS) is 24.0. The monoisotopic (exact) mass is 250 g/mol. The number of amides is 2. The molecule has 2 heterocycles. The third kappa shape index (κ3) is 2.13. The maximum atomic E-state index is 12.0. The van der Waals surface area contributed by atoms with Gasteiger partial charge in [0.2, 0.25) is 18.2 Å². The molecule has 0 spiro atoms. The van der Waals surface area contributed by atoms with Crippen molar-refractivity contribution in [3.63, 3.8) is 0 Å². The molecular formula is C11H14N4O3. The van der Waals surface area contributed by atoms with Crippen LogP contribution in [0.1, 0.15) is 25.1 Å². The van der Waals surface area contributed by atoms with Gasteiger partial charge in [-0.15, -0.1) is 0 Å². The Morgan fingerprint density at radius 3 is 2.94 bits per heavy atom. The van der Waals surface area contributed by atoms with Crippen LogP contribution in [0.2, 0.25) is 0 Å². The van der Waals surface area contributed by atoms with Gasteiger partial charge in [0.05, 0.1) is 12.5 Å². The van der Waals surface area contributed by atoms with Crippen LogP contribution in [-0.2, 0) is 16.0 Å². The molecule has 1 aliphatic heterocycles. The largest absolute Gasteiger partial charge is 0.343 e. The first-order valence-electron chi connectivity index (χ1n) is 6.10. The maximum Gasteiger partial charge on any atom is 0.247 e. The zero-order chi connectivity index (χ0) is 12.5. The SMILES string of the molecule is O=C1CC(NCCc2ncon2)C(=O)N1C1CC1. The van der Waals surface area contributed by atoms with Crippen LogP contribution in [0.4, 0.5) is 0 Å². The summed E-state index contributed by atoms with van der Waals surface area (Å²) in [5.74, 6) is 0.452. The molecule has 1 aromatic rings. The molecule has 7 heteroatoms. The molecule has 1 aliphatic carbocycles.